The lowest BCUT2D eigenvalue weighted by atomic mass is 9.71. The minimum atomic E-state index is -2.89. The average Bonchev–Trinajstić information content (AvgIpc) is 3.40. The number of piperidine rings is 2. The van der Waals surface area contributed by atoms with Gasteiger partial charge in [-0.1, -0.05) is 6.07 Å². The van der Waals surface area contributed by atoms with Crippen molar-refractivity contribution in [1.29, 1.82) is 0 Å². The van der Waals surface area contributed by atoms with Gasteiger partial charge < -0.3 is 23.8 Å². The zero-order valence-electron chi connectivity index (χ0n) is 27.8. The molecule has 1 unspecified atom stereocenters. The predicted octanol–water partition coefficient (Wildman–Crippen LogP) is 3.87. The van der Waals surface area contributed by atoms with Crippen LogP contribution in [-0.4, -0.2) is 78.5 Å². The summed E-state index contributed by atoms with van der Waals surface area (Å²) >= 11 is 0. The number of rotatable bonds is 8. The van der Waals surface area contributed by atoms with Gasteiger partial charge in [-0.05, 0) is 79.4 Å². The van der Waals surface area contributed by atoms with Gasteiger partial charge in [0, 0.05) is 62.5 Å². The van der Waals surface area contributed by atoms with Crippen LogP contribution >= 0.6 is 0 Å². The maximum absolute atomic E-state index is 13.6. The van der Waals surface area contributed by atoms with Crippen LogP contribution in [0.15, 0.2) is 47.4 Å². The fraction of sp³-hybridized carbons (Fsp3) is 0.444. The van der Waals surface area contributed by atoms with Crippen LogP contribution in [0.5, 0.6) is 11.5 Å². The molecule has 258 valence electrons. The molecule has 5 heterocycles. The number of amides is 3. The molecule has 3 fully saturated rings. The lowest BCUT2D eigenvalue weighted by Crippen LogP contribution is -2.60. The van der Waals surface area contributed by atoms with Crippen LogP contribution in [0.1, 0.15) is 59.2 Å². The third-order valence-electron chi connectivity index (χ3n) is 10.6. The van der Waals surface area contributed by atoms with Gasteiger partial charge in [-0.25, -0.2) is 8.78 Å². The molecule has 0 aliphatic carbocycles. The van der Waals surface area contributed by atoms with Gasteiger partial charge in [0.2, 0.25) is 11.8 Å². The molecule has 2 aromatic carbocycles. The number of carbonyl (C=O) groups excluding carboxylic acids is 3. The normalized spacial score (nSPS) is 20.4. The van der Waals surface area contributed by atoms with Crippen molar-refractivity contribution in [1.82, 2.24) is 19.7 Å². The van der Waals surface area contributed by atoms with Crippen molar-refractivity contribution in [3.8, 4) is 22.6 Å². The fourth-order valence-corrected chi connectivity index (χ4v) is 7.77. The molecular formula is C36H39F2N5O6. The van der Waals surface area contributed by atoms with E-state index in [0.29, 0.717) is 47.7 Å². The highest BCUT2D eigenvalue weighted by atomic mass is 19.3. The molecule has 1 N–H and O–H groups in total. The Hall–Kier alpha value is -4.78. The summed E-state index contributed by atoms with van der Waals surface area (Å²) < 4.78 is 39.8. The Morgan fingerprint density at radius 2 is 1.65 bits per heavy atom. The van der Waals surface area contributed by atoms with E-state index in [0.717, 1.165) is 60.4 Å². The summed E-state index contributed by atoms with van der Waals surface area (Å²) in [7, 11) is 4.59. The van der Waals surface area contributed by atoms with Crippen LogP contribution in [0.4, 0.5) is 14.5 Å². The van der Waals surface area contributed by atoms with Crippen molar-refractivity contribution in [3.05, 3.63) is 75.2 Å². The third-order valence-corrected chi connectivity index (χ3v) is 10.6. The van der Waals surface area contributed by atoms with E-state index in [2.05, 4.69) is 15.1 Å². The van der Waals surface area contributed by atoms with Crippen molar-refractivity contribution in [3.63, 3.8) is 0 Å². The molecule has 0 saturated carbocycles. The number of nitrogens with one attached hydrogen (secondary N) is 1. The minimum absolute atomic E-state index is 0.166. The van der Waals surface area contributed by atoms with E-state index in [1.807, 2.05) is 18.2 Å². The van der Waals surface area contributed by atoms with Crippen LogP contribution in [0, 0.1) is 5.41 Å². The van der Waals surface area contributed by atoms with Gasteiger partial charge >= 0.3 is 0 Å². The van der Waals surface area contributed by atoms with Gasteiger partial charge in [-0.2, -0.15) is 0 Å². The van der Waals surface area contributed by atoms with E-state index < -0.39 is 29.5 Å². The number of hydrogen-bond acceptors (Lipinski definition) is 8. The molecule has 0 bridgehead atoms. The first-order valence-electron chi connectivity index (χ1n) is 16.5. The molecule has 4 aliphatic heterocycles. The number of aryl methyl sites for hydroxylation is 1. The van der Waals surface area contributed by atoms with Crippen molar-refractivity contribution >= 4 is 23.4 Å². The maximum atomic E-state index is 13.6. The molecular weight excluding hydrogens is 636 g/mol. The molecule has 7 rings (SSSR count). The monoisotopic (exact) mass is 675 g/mol. The first-order valence-corrected chi connectivity index (χ1v) is 16.5. The summed E-state index contributed by atoms with van der Waals surface area (Å²) in [5.74, 6) is 0.293. The minimum Gasteiger partial charge on any atom is -0.496 e. The lowest BCUT2D eigenvalue weighted by molar-refractivity contribution is -0.136. The molecule has 11 nitrogen and oxygen atoms in total. The van der Waals surface area contributed by atoms with Gasteiger partial charge in [-0.15, -0.1) is 0 Å². The molecule has 1 aromatic heterocycles. The lowest BCUT2D eigenvalue weighted by Gasteiger charge is -2.55. The van der Waals surface area contributed by atoms with Gasteiger partial charge in [0.05, 0.1) is 25.3 Å². The number of anilines is 1. The number of imide groups is 1. The van der Waals surface area contributed by atoms with Gasteiger partial charge in [-0.3, -0.25) is 29.4 Å². The zero-order valence-corrected chi connectivity index (χ0v) is 27.8. The topological polar surface area (TPSA) is 113 Å². The van der Waals surface area contributed by atoms with E-state index in [-0.39, 0.29) is 23.7 Å². The number of hydrogen-bond donors (Lipinski definition) is 1. The standard InChI is InChI=1S/C36H39F2N5O6/c1-40-16-23(12-26(32(37)38)34(40)46)22-13-29(48-2)27(30(14-22)49-3)18-41-10-8-36(9-11-41)19-42(20-36)24-5-4-21-17-43(35(47)25(21)15-24)28-6-7-31(44)39-33(28)45/h4-5,12-16,28,32H,6-11,17-20H2,1-3H3,(H,39,44,45). The smallest absolute Gasteiger partial charge is 0.269 e. The van der Waals surface area contributed by atoms with Crippen molar-refractivity contribution < 1.29 is 32.6 Å². The van der Waals surface area contributed by atoms with E-state index in [4.69, 9.17) is 9.47 Å². The number of methoxy groups -OCH3 is 2. The Labute approximate surface area is 282 Å². The number of pyridine rings is 1. The van der Waals surface area contributed by atoms with Crippen LogP contribution in [0.25, 0.3) is 11.1 Å². The maximum Gasteiger partial charge on any atom is 0.269 e. The van der Waals surface area contributed by atoms with E-state index in [1.165, 1.54) is 19.3 Å². The van der Waals surface area contributed by atoms with Crippen molar-refractivity contribution in [2.75, 3.05) is 45.3 Å². The molecule has 4 aliphatic rings. The van der Waals surface area contributed by atoms with Gasteiger partial charge in [0.15, 0.2) is 0 Å². The number of fused-ring (bicyclic) bond motifs is 1. The molecule has 1 atom stereocenters. The molecule has 49 heavy (non-hydrogen) atoms. The first-order chi connectivity index (χ1) is 23.5. The molecule has 0 radical (unpaired) electrons. The fourth-order valence-electron chi connectivity index (χ4n) is 7.77. The van der Waals surface area contributed by atoms with E-state index in [1.54, 1.807) is 31.3 Å². The zero-order chi connectivity index (χ0) is 34.6. The summed E-state index contributed by atoms with van der Waals surface area (Å²) in [6, 6.07) is 10.2. The Morgan fingerprint density at radius 3 is 2.29 bits per heavy atom. The third kappa shape index (κ3) is 5.94. The number of benzene rings is 2. The highest BCUT2D eigenvalue weighted by molar-refractivity contribution is 6.05. The van der Waals surface area contributed by atoms with Gasteiger partial charge in [0.25, 0.3) is 17.9 Å². The molecule has 3 amide bonds. The Balaban J connectivity index is 0.993. The van der Waals surface area contributed by atoms with Crippen LogP contribution in [0.2, 0.25) is 0 Å². The molecule has 3 aromatic rings. The number of halogens is 2. The summed E-state index contributed by atoms with van der Waals surface area (Å²) in [4.78, 5) is 55.8. The molecule has 3 saturated heterocycles. The predicted molar refractivity (Wildman–Crippen MR) is 177 cm³/mol. The summed E-state index contributed by atoms with van der Waals surface area (Å²) in [6.07, 6.45) is 1.23. The Kier molecular flexibility index (Phi) is 8.42. The summed E-state index contributed by atoms with van der Waals surface area (Å²) in [6.45, 7) is 4.51. The Morgan fingerprint density at radius 1 is 0.959 bits per heavy atom. The Bertz CT molecular complexity index is 1870. The number of ether oxygens (including phenoxy) is 2. The number of carbonyl (C=O) groups is 3. The number of aromatic nitrogens is 1. The quantitative estimate of drug-likeness (QED) is 0.359. The van der Waals surface area contributed by atoms with Crippen LogP contribution in [-0.2, 0) is 29.7 Å². The summed E-state index contributed by atoms with van der Waals surface area (Å²) in [5.41, 5.74) is 3.36. The SMILES string of the molecule is COc1cc(-c2cc(C(F)F)c(=O)n(C)c2)cc(OC)c1CN1CCC2(CC1)CN(c1ccc3c(c1)C(=O)N(C1CCC(=O)NC1=O)C3)C2. The van der Waals surface area contributed by atoms with E-state index in [9.17, 15) is 28.0 Å². The van der Waals surface area contributed by atoms with Gasteiger partial charge in [0.1, 0.15) is 17.5 Å². The highest BCUT2D eigenvalue weighted by Gasteiger charge is 2.46. The second-order valence-electron chi connectivity index (χ2n) is 13.6. The average molecular weight is 676 g/mol. The number of nitrogens with zero attached hydrogens (tertiary/aromatic N) is 4. The van der Waals surface area contributed by atoms with E-state index >= 15 is 0 Å². The first kappa shape index (κ1) is 32.8. The number of likely N-dealkylation sites (tertiary alicyclic amines) is 1. The van der Waals surface area contributed by atoms with Crippen molar-refractivity contribution in [2.24, 2.45) is 12.5 Å². The second-order valence-corrected chi connectivity index (χ2v) is 13.6. The van der Waals surface area contributed by atoms with Crippen LogP contribution < -0.4 is 25.2 Å². The van der Waals surface area contributed by atoms with Crippen molar-refractivity contribution in [2.45, 2.75) is 51.2 Å². The second kappa shape index (κ2) is 12.6. The largest absolute Gasteiger partial charge is 0.496 e. The summed E-state index contributed by atoms with van der Waals surface area (Å²) in [5, 5.41) is 2.35. The molecule has 13 heteroatoms. The molecule has 1 spiro atoms. The highest BCUT2D eigenvalue weighted by Crippen LogP contribution is 2.45. The number of alkyl halides is 2. The van der Waals surface area contributed by atoms with Crippen LogP contribution in [0.3, 0.4) is 0 Å².